The van der Waals surface area contributed by atoms with Crippen molar-refractivity contribution in [2.75, 3.05) is 26.0 Å². The van der Waals surface area contributed by atoms with Crippen LogP contribution in [0.3, 0.4) is 0 Å². The summed E-state index contributed by atoms with van der Waals surface area (Å²) in [6.07, 6.45) is -0.492. The van der Waals surface area contributed by atoms with Crippen LogP contribution in [0.15, 0.2) is 0 Å². The van der Waals surface area contributed by atoms with Crippen LogP contribution in [0.25, 0.3) is 0 Å². The van der Waals surface area contributed by atoms with Crippen molar-refractivity contribution in [1.29, 1.82) is 0 Å². The minimum atomic E-state index is -3.60. The smallest absolute Gasteiger partial charge is 0.306 e. The molecule has 0 spiro atoms. The minimum absolute atomic E-state index is 0.0880. The molecule has 0 saturated carbocycles. The summed E-state index contributed by atoms with van der Waals surface area (Å²) in [5, 5.41) is 8.48. The van der Waals surface area contributed by atoms with Crippen LogP contribution in [-0.2, 0) is 24.3 Å². The van der Waals surface area contributed by atoms with Gasteiger partial charge >= 0.3 is 11.9 Å². The zero-order valence-electron chi connectivity index (χ0n) is 9.88. The molecule has 100 valence electrons. The molecule has 0 aromatic rings. The maximum absolute atomic E-state index is 11.7. The zero-order chi connectivity index (χ0) is 13.5. The van der Waals surface area contributed by atoms with Gasteiger partial charge < -0.3 is 9.84 Å². The van der Waals surface area contributed by atoms with Crippen molar-refractivity contribution in [2.45, 2.75) is 19.8 Å². The number of carbonyl (C=O) groups excluding carboxylic acids is 1. The van der Waals surface area contributed by atoms with Crippen LogP contribution in [0, 0.1) is 0 Å². The first-order valence-electron chi connectivity index (χ1n) is 5.10. The summed E-state index contributed by atoms with van der Waals surface area (Å²) in [6, 6.07) is 0. The van der Waals surface area contributed by atoms with E-state index in [0.29, 0.717) is 0 Å². The lowest BCUT2D eigenvalue weighted by Crippen LogP contribution is -2.35. The standard InChI is InChI=1S/C9H17NO6S/c1-3-10(6-4-8(11)12)17(14,15)7-5-9(13)16-2/h3-7H2,1-2H3,(H,11,12). The highest BCUT2D eigenvalue weighted by atomic mass is 32.2. The molecule has 1 N–H and O–H groups in total. The highest BCUT2D eigenvalue weighted by molar-refractivity contribution is 7.89. The number of rotatable bonds is 8. The summed E-state index contributed by atoms with van der Waals surface area (Å²) in [7, 11) is -2.43. The number of ether oxygens (including phenoxy) is 1. The molecule has 0 unspecified atom stereocenters. The van der Waals surface area contributed by atoms with Crippen LogP contribution in [0.2, 0.25) is 0 Å². The molecule has 0 aliphatic rings. The first kappa shape index (κ1) is 15.9. The van der Waals surface area contributed by atoms with Gasteiger partial charge in [-0.15, -0.1) is 0 Å². The van der Waals surface area contributed by atoms with E-state index >= 15 is 0 Å². The molecule has 0 fully saturated rings. The van der Waals surface area contributed by atoms with Crippen LogP contribution >= 0.6 is 0 Å². The van der Waals surface area contributed by atoms with Gasteiger partial charge in [0, 0.05) is 13.1 Å². The number of methoxy groups -OCH3 is 1. The van der Waals surface area contributed by atoms with Crippen LogP contribution in [-0.4, -0.2) is 55.7 Å². The van der Waals surface area contributed by atoms with Crippen molar-refractivity contribution in [1.82, 2.24) is 4.31 Å². The lowest BCUT2D eigenvalue weighted by Gasteiger charge is -2.19. The van der Waals surface area contributed by atoms with Gasteiger partial charge in [-0.25, -0.2) is 12.7 Å². The molecule has 0 amide bonds. The molecule has 0 bridgehead atoms. The van der Waals surface area contributed by atoms with Gasteiger partial charge in [-0.2, -0.15) is 0 Å². The monoisotopic (exact) mass is 267 g/mol. The second kappa shape index (κ2) is 7.23. The number of sulfonamides is 1. The summed E-state index contributed by atoms with van der Waals surface area (Å²) in [5.41, 5.74) is 0. The molecule has 0 aromatic carbocycles. The number of hydrogen-bond donors (Lipinski definition) is 1. The predicted octanol–water partition coefficient (Wildman–Crippen LogP) is -0.324. The Morgan fingerprint density at radius 3 is 2.29 bits per heavy atom. The van der Waals surface area contributed by atoms with Crippen molar-refractivity contribution >= 4 is 22.0 Å². The molecule has 7 nitrogen and oxygen atoms in total. The Bertz CT molecular complexity index is 364. The summed E-state index contributed by atoms with van der Waals surface area (Å²) in [6.45, 7) is 1.70. The van der Waals surface area contributed by atoms with Crippen LogP contribution < -0.4 is 0 Å². The lowest BCUT2D eigenvalue weighted by molar-refractivity contribution is -0.140. The third-order valence-electron chi connectivity index (χ3n) is 2.11. The number of esters is 1. The molecule has 0 aliphatic heterocycles. The average molecular weight is 267 g/mol. The molecule has 0 heterocycles. The van der Waals surface area contributed by atoms with E-state index in [0.717, 1.165) is 4.31 Å². The summed E-state index contributed by atoms with van der Waals surface area (Å²) in [5.74, 6) is -2.04. The molecule has 8 heteroatoms. The molecule has 0 aliphatic carbocycles. The van der Waals surface area contributed by atoms with Gasteiger partial charge in [0.05, 0.1) is 25.7 Å². The number of carbonyl (C=O) groups is 2. The maximum Gasteiger partial charge on any atom is 0.306 e. The molecular weight excluding hydrogens is 250 g/mol. The maximum atomic E-state index is 11.7. The average Bonchev–Trinajstić information content (AvgIpc) is 2.26. The third-order valence-corrected chi connectivity index (χ3v) is 4.06. The van der Waals surface area contributed by atoms with Crippen LogP contribution in [0.5, 0.6) is 0 Å². The van der Waals surface area contributed by atoms with E-state index in [1.165, 1.54) is 7.11 Å². The first-order chi connectivity index (χ1) is 7.83. The Morgan fingerprint density at radius 2 is 1.88 bits per heavy atom. The number of carboxylic acid groups (broad SMARTS) is 1. The molecule has 0 aromatic heterocycles. The van der Waals surface area contributed by atoms with E-state index in [1.54, 1.807) is 6.92 Å². The van der Waals surface area contributed by atoms with Gasteiger partial charge in [-0.3, -0.25) is 9.59 Å². The Kier molecular flexibility index (Phi) is 6.74. The normalized spacial score (nSPS) is 11.5. The fraction of sp³-hybridized carbons (Fsp3) is 0.778. The van der Waals surface area contributed by atoms with E-state index < -0.39 is 22.0 Å². The number of carboxylic acids is 1. The molecular formula is C9H17NO6S. The van der Waals surface area contributed by atoms with Crippen molar-refractivity contribution in [3.05, 3.63) is 0 Å². The fourth-order valence-corrected chi connectivity index (χ4v) is 2.60. The van der Waals surface area contributed by atoms with Crippen molar-refractivity contribution in [3.8, 4) is 0 Å². The number of nitrogens with zero attached hydrogens (tertiary/aromatic N) is 1. The van der Waals surface area contributed by atoms with E-state index in [-0.39, 0.29) is 31.7 Å². The molecule has 0 rings (SSSR count). The fourth-order valence-electron chi connectivity index (χ4n) is 1.16. The zero-order valence-corrected chi connectivity index (χ0v) is 10.7. The highest BCUT2D eigenvalue weighted by Crippen LogP contribution is 2.05. The topological polar surface area (TPSA) is 101 Å². The molecule has 0 radical (unpaired) electrons. The van der Waals surface area contributed by atoms with Gasteiger partial charge in [0.1, 0.15) is 0 Å². The summed E-state index contributed by atoms with van der Waals surface area (Å²) in [4.78, 5) is 21.2. The molecule has 0 atom stereocenters. The van der Waals surface area contributed by atoms with Gasteiger partial charge in [-0.1, -0.05) is 6.92 Å². The van der Waals surface area contributed by atoms with E-state index in [2.05, 4.69) is 4.74 Å². The Morgan fingerprint density at radius 1 is 1.29 bits per heavy atom. The van der Waals surface area contributed by atoms with Gasteiger partial charge in [0.25, 0.3) is 0 Å². The van der Waals surface area contributed by atoms with Crippen molar-refractivity contribution in [2.24, 2.45) is 0 Å². The molecule has 0 saturated heterocycles. The Labute approximate surface area is 100 Å². The minimum Gasteiger partial charge on any atom is -0.481 e. The molecule has 17 heavy (non-hydrogen) atoms. The van der Waals surface area contributed by atoms with Crippen LogP contribution in [0.1, 0.15) is 19.8 Å². The second-order valence-electron chi connectivity index (χ2n) is 3.28. The third kappa shape index (κ3) is 6.22. The lowest BCUT2D eigenvalue weighted by atomic mass is 10.4. The first-order valence-corrected chi connectivity index (χ1v) is 6.70. The number of aliphatic carboxylic acids is 1. The van der Waals surface area contributed by atoms with Crippen LogP contribution in [0.4, 0.5) is 0 Å². The van der Waals surface area contributed by atoms with E-state index in [4.69, 9.17) is 5.11 Å². The number of hydrogen-bond acceptors (Lipinski definition) is 5. The predicted molar refractivity (Wildman–Crippen MR) is 59.9 cm³/mol. The van der Waals surface area contributed by atoms with Gasteiger partial charge in [-0.05, 0) is 0 Å². The van der Waals surface area contributed by atoms with Gasteiger partial charge in [0.15, 0.2) is 0 Å². The SMILES string of the molecule is CCN(CCC(=O)O)S(=O)(=O)CCC(=O)OC. The van der Waals surface area contributed by atoms with E-state index in [9.17, 15) is 18.0 Å². The van der Waals surface area contributed by atoms with Crippen molar-refractivity contribution < 1.29 is 27.9 Å². The Hall–Kier alpha value is -1.15. The Balaban J connectivity index is 4.42. The van der Waals surface area contributed by atoms with Crippen molar-refractivity contribution in [3.63, 3.8) is 0 Å². The van der Waals surface area contributed by atoms with E-state index in [1.807, 2.05) is 0 Å². The van der Waals surface area contributed by atoms with Gasteiger partial charge in [0.2, 0.25) is 10.0 Å². The summed E-state index contributed by atoms with van der Waals surface area (Å²) < 4.78 is 28.8. The largest absolute Gasteiger partial charge is 0.481 e. The second-order valence-corrected chi connectivity index (χ2v) is 5.37. The summed E-state index contributed by atoms with van der Waals surface area (Å²) >= 11 is 0. The highest BCUT2D eigenvalue weighted by Gasteiger charge is 2.22. The quantitative estimate of drug-likeness (QED) is 0.605.